The quantitative estimate of drug-likeness (QED) is 0.525. The Kier molecular flexibility index (Phi) is 3.39. The molecule has 0 unspecified atom stereocenters. The number of rotatable bonds is 1. The smallest absolute Gasteiger partial charge is 0.0955 e. The van der Waals surface area contributed by atoms with Gasteiger partial charge in [0.25, 0.3) is 0 Å². The van der Waals surface area contributed by atoms with Gasteiger partial charge in [-0.25, -0.2) is 0 Å². The summed E-state index contributed by atoms with van der Waals surface area (Å²) in [6.07, 6.45) is 3.70. The van der Waals surface area contributed by atoms with Gasteiger partial charge in [-0.15, -0.1) is 0 Å². The van der Waals surface area contributed by atoms with Crippen LogP contribution in [0.5, 0.6) is 0 Å². The van der Waals surface area contributed by atoms with E-state index in [1.807, 2.05) is 19.4 Å². The Morgan fingerprint density at radius 2 is 1.81 bits per heavy atom. The molecule has 0 amide bonds. The molecule has 4 nitrogen and oxygen atoms in total. The molecular formula is C12H18N4. The number of aromatic nitrogens is 1. The molecule has 0 bridgehead atoms. The number of piperazine rings is 1. The Morgan fingerprint density at radius 3 is 2.38 bits per heavy atom. The average molecular weight is 218 g/mol. The molecule has 1 fully saturated rings. The molecule has 0 spiro atoms. The number of anilines is 1. The summed E-state index contributed by atoms with van der Waals surface area (Å²) < 4.78 is 0. The fourth-order valence-corrected chi connectivity index (χ4v) is 1.98. The van der Waals surface area contributed by atoms with Crippen molar-refractivity contribution in [3.8, 4) is 0 Å². The van der Waals surface area contributed by atoms with Crippen LogP contribution in [0.4, 0.5) is 5.69 Å². The lowest BCUT2D eigenvalue weighted by Crippen LogP contribution is -2.48. The monoisotopic (exact) mass is 218 g/mol. The van der Waals surface area contributed by atoms with Gasteiger partial charge < -0.3 is 9.80 Å². The predicted molar refractivity (Wildman–Crippen MR) is 67.1 cm³/mol. The van der Waals surface area contributed by atoms with Gasteiger partial charge in [0.05, 0.1) is 5.84 Å². The van der Waals surface area contributed by atoms with Gasteiger partial charge in [0.2, 0.25) is 0 Å². The third-order valence-electron chi connectivity index (χ3n) is 3.09. The zero-order chi connectivity index (χ0) is 11.4. The van der Waals surface area contributed by atoms with E-state index in [-0.39, 0.29) is 0 Å². The SMILES string of the molecule is C/N=C(\C)N1CCN(c2ccncc2)CC1. The van der Waals surface area contributed by atoms with Crippen LogP contribution in [0.3, 0.4) is 0 Å². The summed E-state index contributed by atoms with van der Waals surface area (Å²) in [5.74, 6) is 1.13. The van der Waals surface area contributed by atoms with E-state index in [4.69, 9.17) is 0 Å². The lowest BCUT2D eigenvalue weighted by atomic mass is 10.2. The van der Waals surface area contributed by atoms with Gasteiger partial charge in [-0.3, -0.25) is 9.98 Å². The Balaban J connectivity index is 1.96. The van der Waals surface area contributed by atoms with Crippen LogP contribution in [0.25, 0.3) is 0 Å². The largest absolute Gasteiger partial charge is 0.368 e. The minimum Gasteiger partial charge on any atom is -0.368 e. The lowest BCUT2D eigenvalue weighted by molar-refractivity contribution is 0.383. The van der Waals surface area contributed by atoms with Crippen molar-refractivity contribution in [2.24, 2.45) is 4.99 Å². The number of nitrogens with zero attached hydrogens (tertiary/aromatic N) is 4. The Bertz CT molecular complexity index is 353. The maximum atomic E-state index is 4.22. The van der Waals surface area contributed by atoms with Gasteiger partial charge in [-0.05, 0) is 19.1 Å². The van der Waals surface area contributed by atoms with E-state index in [1.54, 1.807) is 0 Å². The summed E-state index contributed by atoms with van der Waals surface area (Å²) in [5.41, 5.74) is 1.26. The first-order valence-corrected chi connectivity index (χ1v) is 5.64. The molecule has 1 aromatic rings. The average Bonchev–Trinajstić information content (AvgIpc) is 2.39. The molecule has 0 radical (unpaired) electrons. The summed E-state index contributed by atoms with van der Waals surface area (Å²) in [4.78, 5) is 13.0. The Labute approximate surface area is 96.6 Å². The van der Waals surface area contributed by atoms with Gasteiger partial charge in [0.1, 0.15) is 0 Å². The molecule has 2 rings (SSSR count). The van der Waals surface area contributed by atoms with Crippen molar-refractivity contribution in [3.05, 3.63) is 24.5 Å². The minimum absolute atomic E-state index is 1.05. The molecule has 16 heavy (non-hydrogen) atoms. The van der Waals surface area contributed by atoms with E-state index in [9.17, 15) is 0 Å². The fourth-order valence-electron chi connectivity index (χ4n) is 1.98. The number of pyridine rings is 1. The van der Waals surface area contributed by atoms with Crippen molar-refractivity contribution in [2.75, 3.05) is 38.1 Å². The second kappa shape index (κ2) is 4.96. The molecule has 4 heteroatoms. The van der Waals surface area contributed by atoms with Gasteiger partial charge in [-0.2, -0.15) is 0 Å². The Morgan fingerprint density at radius 1 is 1.19 bits per heavy atom. The number of hydrogen-bond donors (Lipinski definition) is 0. The number of hydrogen-bond acceptors (Lipinski definition) is 3. The first kappa shape index (κ1) is 10.9. The maximum absolute atomic E-state index is 4.22. The van der Waals surface area contributed by atoms with E-state index in [2.05, 4.69) is 38.8 Å². The topological polar surface area (TPSA) is 31.7 Å². The highest BCUT2D eigenvalue weighted by molar-refractivity contribution is 5.79. The molecule has 86 valence electrons. The molecule has 1 aliphatic rings. The van der Waals surface area contributed by atoms with E-state index in [1.165, 1.54) is 5.69 Å². The third-order valence-corrected chi connectivity index (χ3v) is 3.09. The number of aliphatic imine (C=N–C) groups is 1. The van der Waals surface area contributed by atoms with Crippen molar-refractivity contribution in [3.63, 3.8) is 0 Å². The van der Waals surface area contributed by atoms with Crippen molar-refractivity contribution < 1.29 is 0 Å². The highest BCUT2D eigenvalue weighted by Gasteiger charge is 2.17. The first-order valence-electron chi connectivity index (χ1n) is 5.64. The summed E-state index contributed by atoms with van der Waals surface area (Å²) in [7, 11) is 1.85. The van der Waals surface area contributed by atoms with E-state index < -0.39 is 0 Å². The van der Waals surface area contributed by atoms with Crippen molar-refractivity contribution in [1.82, 2.24) is 9.88 Å². The van der Waals surface area contributed by atoms with Crippen LogP contribution >= 0.6 is 0 Å². The van der Waals surface area contributed by atoms with Crippen LogP contribution in [0, 0.1) is 0 Å². The van der Waals surface area contributed by atoms with Crippen LogP contribution in [0.15, 0.2) is 29.5 Å². The summed E-state index contributed by atoms with van der Waals surface area (Å²) in [6, 6.07) is 4.13. The zero-order valence-corrected chi connectivity index (χ0v) is 9.93. The summed E-state index contributed by atoms with van der Waals surface area (Å²) in [5, 5.41) is 0. The normalized spacial score (nSPS) is 17.8. The molecule has 0 aromatic carbocycles. The second-order valence-electron chi connectivity index (χ2n) is 3.95. The van der Waals surface area contributed by atoms with Gasteiger partial charge in [0.15, 0.2) is 0 Å². The van der Waals surface area contributed by atoms with Gasteiger partial charge in [-0.1, -0.05) is 0 Å². The van der Waals surface area contributed by atoms with Gasteiger partial charge >= 0.3 is 0 Å². The molecule has 1 aromatic heterocycles. The highest BCUT2D eigenvalue weighted by Crippen LogP contribution is 2.14. The van der Waals surface area contributed by atoms with Crippen LogP contribution in [-0.2, 0) is 0 Å². The predicted octanol–water partition coefficient (Wildman–Crippen LogP) is 1.25. The van der Waals surface area contributed by atoms with Crippen LogP contribution < -0.4 is 4.90 Å². The molecule has 0 aliphatic carbocycles. The van der Waals surface area contributed by atoms with Crippen LogP contribution in [-0.4, -0.2) is 48.9 Å². The molecule has 0 N–H and O–H groups in total. The van der Waals surface area contributed by atoms with Gasteiger partial charge in [0, 0.05) is 51.3 Å². The lowest BCUT2D eigenvalue weighted by Gasteiger charge is -2.36. The molecule has 2 heterocycles. The second-order valence-corrected chi connectivity index (χ2v) is 3.95. The highest BCUT2D eigenvalue weighted by atomic mass is 15.3. The Hall–Kier alpha value is -1.58. The molecule has 1 aliphatic heterocycles. The third kappa shape index (κ3) is 2.32. The maximum Gasteiger partial charge on any atom is 0.0955 e. The van der Waals surface area contributed by atoms with Crippen LogP contribution in [0.1, 0.15) is 6.92 Å². The summed E-state index contributed by atoms with van der Waals surface area (Å²) in [6.45, 7) is 6.27. The summed E-state index contributed by atoms with van der Waals surface area (Å²) >= 11 is 0. The zero-order valence-electron chi connectivity index (χ0n) is 9.93. The van der Waals surface area contributed by atoms with Crippen molar-refractivity contribution >= 4 is 11.5 Å². The minimum atomic E-state index is 1.05. The molecule has 1 saturated heterocycles. The van der Waals surface area contributed by atoms with E-state index in [0.717, 1.165) is 32.0 Å². The van der Waals surface area contributed by atoms with E-state index >= 15 is 0 Å². The number of amidine groups is 1. The van der Waals surface area contributed by atoms with Crippen molar-refractivity contribution in [2.45, 2.75) is 6.92 Å². The standard InChI is InChI=1S/C12H18N4/c1-11(13-2)15-7-9-16(10-8-15)12-3-5-14-6-4-12/h3-6H,7-10H2,1-2H3/b13-11+. The molecular weight excluding hydrogens is 200 g/mol. The first-order chi connectivity index (χ1) is 7.81. The molecule has 0 saturated carbocycles. The fraction of sp³-hybridized carbons (Fsp3) is 0.500. The van der Waals surface area contributed by atoms with Crippen LogP contribution in [0.2, 0.25) is 0 Å². The van der Waals surface area contributed by atoms with E-state index in [0.29, 0.717) is 0 Å². The van der Waals surface area contributed by atoms with Crippen molar-refractivity contribution in [1.29, 1.82) is 0 Å². The molecule has 0 atom stereocenters.